The summed E-state index contributed by atoms with van der Waals surface area (Å²) in [6.07, 6.45) is 3.50. The maximum Gasteiger partial charge on any atom is 0.213 e. The summed E-state index contributed by atoms with van der Waals surface area (Å²) < 4.78 is 7.23. The number of benzene rings is 1. The Kier molecular flexibility index (Phi) is 2.25. The zero-order valence-corrected chi connectivity index (χ0v) is 10.7. The lowest BCUT2D eigenvalue weighted by Crippen LogP contribution is -1.88. The Hall–Kier alpha value is -2.40. The van der Waals surface area contributed by atoms with E-state index >= 15 is 0 Å². The summed E-state index contributed by atoms with van der Waals surface area (Å²) in [6.45, 7) is 0. The van der Waals surface area contributed by atoms with E-state index in [9.17, 15) is 0 Å². The summed E-state index contributed by atoms with van der Waals surface area (Å²) in [7, 11) is 0. The zero-order valence-electron chi connectivity index (χ0n) is 9.85. The van der Waals surface area contributed by atoms with Crippen molar-refractivity contribution in [1.82, 2.24) is 14.6 Å². The van der Waals surface area contributed by atoms with E-state index in [4.69, 9.17) is 4.42 Å². The lowest BCUT2D eigenvalue weighted by molar-refractivity contribution is 0.580. The van der Waals surface area contributed by atoms with Crippen molar-refractivity contribution >= 4 is 16.3 Å². The molecule has 0 spiro atoms. The fourth-order valence-corrected chi connectivity index (χ4v) is 2.84. The minimum Gasteiger partial charge on any atom is -0.462 e. The monoisotopic (exact) mass is 267 g/mol. The van der Waals surface area contributed by atoms with Gasteiger partial charge in [-0.25, -0.2) is 9.50 Å². The van der Waals surface area contributed by atoms with Gasteiger partial charge in [0, 0.05) is 5.56 Å². The van der Waals surface area contributed by atoms with Crippen LogP contribution in [0.25, 0.3) is 27.0 Å². The molecule has 3 heterocycles. The van der Waals surface area contributed by atoms with Gasteiger partial charge in [0.25, 0.3) is 0 Å². The Morgan fingerprint density at radius 3 is 2.74 bits per heavy atom. The smallest absolute Gasteiger partial charge is 0.213 e. The third-order valence-corrected chi connectivity index (χ3v) is 3.82. The number of aromatic nitrogens is 3. The highest BCUT2D eigenvalue weighted by molar-refractivity contribution is 7.19. The zero-order chi connectivity index (χ0) is 12.7. The Morgan fingerprint density at radius 1 is 1.05 bits per heavy atom. The van der Waals surface area contributed by atoms with Gasteiger partial charge in [-0.05, 0) is 12.1 Å². The molecule has 3 aromatic heterocycles. The maximum absolute atomic E-state index is 5.37. The molecule has 4 rings (SSSR count). The fourth-order valence-electron chi connectivity index (χ4n) is 2.00. The standard InChI is InChI=1S/C14H9N3OS/c1-2-5-10(6-3-1)11-9-15-14-17(11)16-13(19-14)12-7-4-8-18-12/h1-9H. The Labute approximate surface area is 113 Å². The van der Waals surface area contributed by atoms with Crippen LogP contribution in [0.4, 0.5) is 0 Å². The first-order valence-electron chi connectivity index (χ1n) is 5.86. The van der Waals surface area contributed by atoms with Crippen LogP contribution >= 0.6 is 11.3 Å². The molecule has 4 aromatic rings. The molecule has 1 aromatic carbocycles. The predicted molar refractivity (Wildman–Crippen MR) is 74.0 cm³/mol. The number of rotatable bonds is 2. The predicted octanol–water partition coefficient (Wildman–Crippen LogP) is 3.72. The van der Waals surface area contributed by atoms with E-state index in [0.717, 1.165) is 27.0 Å². The second-order valence-electron chi connectivity index (χ2n) is 4.09. The topological polar surface area (TPSA) is 43.3 Å². The summed E-state index contributed by atoms with van der Waals surface area (Å²) in [5, 5.41) is 5.41. The Morgan fingerprint density at radius 2 is 1.95 bits per heavy atom. The van der Waals surface area contributed by atoms with Gasteiger partial charge in [0.1, 0.15) is 0 Å². The molecule has 0 saturated heterocycles. The van der Waals surface area contributed by atoms with Gasteiger partial charge in [-0.15, -0.1) is 0 Å². The number of hydrogen-bond acceptors (Lipinski definition) is 4. The fraction of sp³-hybridized carbons (Fsp3) is 0. The van der Waals surface area contributed by atoms with Crippen LogP contribution in [-0.2, 0) is 0 Å². The van der Waals surface area contributed by atoms with Crippen LogP contribution in [0.3, 0.4) is 0 Å². The molecule has 92 valence electrons. The first-order valence-corrected chi connectivity index (χ1v) is 6.67. The second kappa shape index (κ2) is 4.07. The van der Waals surface area contributed by atoms with Crippen molar-refractivity contribution < 1.29 is 4.42 Å². The average molecular weight is 267 g/mol. The van der Waals surface area contributed by atoms with E-state index < -0.39 is 0 Å². The SMILES string of the molecule is c1ccc(-c2cnc3sc(-c4ccco4)nn23)cc1. The summed E-state index contributed by atoms with van der Waals surface area (Å²) in [5.74, 6) is 0.773. The summed E-state index contributed by atoms with van der Waals surface area (Å²) >= 11 is 1.52. The number of fused-ring (bicyclic) bond motifs is 1. The van der Waals surface area contributed by atoms with Gasteiger partial charge < -0.3 is 4.42 Å². The highest BCUT2D eigenvalue weighted by Gasteiger charge is 2.13. The average Bonchev–Trinajstić information content (AvgIpc) is 3.15. The molecule has 19 heavy (non-hydrogen) atoms. The highest BCUT2D eigenvalue weighted by Crippen LogP contribution is 2.29. The van der Waals surface area contributed by atoms with E-state index in [2.05, 4.69) is 22.2 Å². The van der Waals surface area contributed by atoms with Crippen LogP contribution in [0.15, 0.2) is 59.3 Å². The molecule has 0 aliphatic carbocycles. The maximum atomic E-state index is 5.37. The summed E-state index contributed by atoms with van der Waals surface area (Å²) in [5.41, 5.74) is 2.09. The molecule has 0 unspecified atom stereocenters. The third kappa shape index (κ3) is 1.67. The van der Waals surface area contributed by atoms with Crippen molar-refractivity contribution in [2.75, 3.05) is 0 Å². The molecule has 5 heteroatoms. The molecule has 0 bridgehead atoms. The minimum absolute atomic E-state index is 0.773. The lowest BCUT2D eigenvalue weighted by Gasteiger charge is -1.96. The molecule has 0 aliphatic rings. The van der Waals surface area contributed by atoms with Crippen molar-refractivity contribution in [3.05, 3.63) is 54.9 Å². The quantitative estimate of drug-likeness (QED) is 0.556. The molecule has 0 radical (unpaired) electrons. The first kappa shape index (κ1) is 10.5. The Balaban J connectivity index is 1.90. The van der Waals surface area contributed by atoms with Gasteiger partial charge in [-0.1, -0.05) is 41.7 Å². The molecule has 0 atom stereocenters. The van der Waals surface area contributed by atoms with Crippen molar-refractivity contribution in [3.63, 3.8) is 0 Å². The van der Waals surface area contributed by atoms with E-state index in [1.165, 1.54) is 11.3 Å². The van der Waals surface area contributed by atoms with Crippen LogP contribution in [0.5, 0.6) is 0 Å². The number of furan rings is 1. The largest absolute Gasteiger partial charge is 0.462 e. The summed E-state index contributed by atoms with van der Waals surface area (Å²) in [6, 6.07) is 13.9. The molecule has 0 N–H and O–H groups in total. The van der Waals surface area contributed by atoms with E-state index in [1.807, 2.05) is 41.0 Å². The number of nitrogens with zero attached hydrogens (tertiary/aromatic N) is 3. The second-order valence-corrected chi connectivity index (χ2v) is 5.04. The van der Waals surface area contributed by atoms with Crippen LogP contribution < -0.4 is 0 Å². The van der Waals surface area contributed by atoms with Gasteiger partial charge in [0.15, 0.2) is 10.8 Å². The minimum atomic E-state index is 0.773. The molecule has 0 fully saturated rings. The van der Waals surface area contributed by atoms with Crippen molar-refractivity contribution in [3.8, 4) is 22.0 Å². The molecular weight excluding hydrogens is 258 g/mol. The normalized spacial score (nSPS) is 11.2. The molecule has 0 saturated carbocycles. The van der Waals surface area contributed by atoms with Crippen LogP contribution in [0.2, 0.25) is 0 Å². The highest BCUT2D eigenvalue weighted by atomic mass is 32.1. The molecule has 4 nitrogen and oxygen atoms in total. The van der Waals surface area contributed by atoms with Crippen molar-refractivity contribution in [2.45, 2.75) is 0 Å². The van der Waals surface area contributed by atoms with E-state index in [1.54, 1.807) is 6.26 Å². The van der Waals surface area contributed by atoms with Crippen LogP contribution in [0.1, 0.15) is 0 Å². The van der Waals surface area contributed by atoms with E-state index in [-0.39, 0.29) is 0 Å². The van der Waals surface area contributed by atoms with Crippen molar-refractivity contribution in [2.24, 2.45) is 0 Å². The van der Waals surface area contributed by atoms with Gasteiger partial charge in [-0.2, -0.15) is 5.10 Å². The van der Waals surface area contributed by atoms with Crippen molar-refractivity contribution in [1.29, 1.82) is 0 Å². The first-order chi connectivity index (χ1) is 9.42. The van der Waals surface area contributed by atoms with Gasteiger partial charge in [0.05, 0.1) is 18.2 Å². The lowest BCUT2D eigenvalue weighted by atomic mass is 10.2. The third-order valence-electron chi connectivity index (χ3n) is 2.89. The summed E-state index contributed by atoms with van der Waals surface area (Å²) in [4.78, 5) is 5.27. The van der Waals surface area contributed by atoms with Gasteiger partial charge >= 0.3 is 0 Å². The molecule has 0 aliphatic heterocycles. The Bertz CT molecular complexity index is 815. The van der Waals surface area contributed by atoms with E-state index in [0.29, 0.717) is 0 Å². The molecule has 0 amide bonds. The number of hydrogen-bond donors (Lipinski definition) is 0. The van der Waals surface area contributed by atoms with Gasteiger partial charge in [0.2, 0.25) is 4.96 Å². The van der Waals surface area contributed by atoms with Gasteiger partial charge in [-0.3, -0.25) is 0 Å². The number of imidazole rings is 1. The van der Waals surface area contributed by atoms with Crippen LogP contribution in [-0.4, -0.2) is 14.6 Å². The van der Waals surface area contributed by atoms with Crippen LogP contribution in [0, 0.1) is 0 Å². The molecular formula is C14H9N3OS.